The van der Waals surface area contributed by atoms with Crippen molar-refractivity contribution >= 4 is 23.3 Å². The lowest BCUT2D eigenvalue weighted by molar-refractivity contribution is 0.220. The smallest absolute Gasteiger partial charge is 0.321 e. The molecule has 0 aliphatic heterocycles. The second-order valence-electron chi connectivity index (χ2n) is 5.10. The van der Waals surface area contributed by atoms with Crippen LogP contribution in [0.2, 0.25) is 5.02 Å². The molecule has 128 valence electrons. The van der Waals surface area contributed by atoms with Gasteiger partial charge in [-0.1, -0.05) is 17.7 Å². The third-order valence-corrected chi connectivity index (χ3v) is 3.71. The minimum Gasteiger partial charge on any atom is -0.497 e. The number of methoxy groups -OCH3 is 2. The molecule has 0 heterocycles. The van der Waals surface area contributed by atoms with Crippen molar-refractivity contribution in [1.29, 1.82) is 0 Å². The van der Waals surface area contributed by atoms with E-state index in [4.69, 9.17) is 21.1 Å². The first-order valence-electron chi connectivity index (χ1n) is 7.12. The average molecular weight is 353 g/mol. The Hall–Kier alpha value is -2.47. The number of nitrogens with zero attached hydrogens (tertiary/aromatic N) is 1. The van der Waals surface area contributed by atoms with Crippen LogP contribution in [-0.4, -0.2) is 32.2 Å². The number of benzene rings is 2. The molecule has 2 aromatic carbocycles. The molecule has 24 heavy (non-hydrogen) atoms. The van der Waals surface area contributed by atoms with Crippen LogP contribution in [0.25, 0.3) is 0 Å². The molecule has 0 radical (unpaired) electrons. The summed E-state index contributed by atoms with van der Waals surface area (Å²) in [6.45, 7) is 0.237. The number of halogens is 2. The van der Waals surface area contributed by atoms with Crippen LogP contribution in [0.1, 0.15) is 5.56 Å². The number of ether oxygens (including phenoxy) is 2. The van der Waals surface area contributed by atoms with Gasteiger partial charge in [-0.15, -0.1) is 0 Å². The standard InChI is InChI=1S/C17H18ClFN2O3/c1-21(10-11-4-7-16(24-3)14(19)8-11)17(22)20-15-6-5-12(23-2)9-13(15)18/h4-9H,10H2,1-3H3,(H,20,22). The summed E-state index contributed by atoms with van der Waals surface area (Å²) in [5.41, 5.74) is 1.11. The maximum Gasteiger partial charge on any atom is 0.321 e. The van der Waals surface area contributed by atoms with Crippen molar-refractivity contribution < 1.29 is 18.7 Å². The Labute approximate surface area is 144 Å². The van der Waals surface area contributed by atoms with Gasteiger partial charge in [-0.05, 0) is 29.8 Å². The summed E-state index contributed by atoms with van der Waals surface area (Å²) in [6, 6.07) is 9.15. The zero-order chi connectivity index (χ0) is 17.7. The zero-order valence-electron chi connectivity index (χ0n) is 13.6. The van der Waals surface area contributed by atoms with Gasteiger partial charge in [0.2, 0.25) is 0 Å². The Morgan fingerprint density at radius 1 is 1.21 bits per heavy atom. The molecule has 0 unspecified atom stereocenters. The lowest BCUT2D eigenvalue weighted by atomic mass is 10.2. The largest absolute Gasteiger partial charge is 0.497 e. The van der Waals surface area contributed by atoms with Crippen molar-refractivity contribution in [1.82, 2.24) is 4.90 Å². The van der Waals surface area contributed by atoms with Gasteiger partial charge in [0.25, 0.3) is 0 Å². The molecule has 7 heteroatoms. The van der Waals surface area contributed by atoms with E-state index < -0.39 is 5.82 Å². The minimum atomic E-state index is -0.470. The first-order chi connectivity index (χ1) is 11.4. The number of nitrogens with one attached hydrogen (secondary N) is 1. The SMILES string of the molecule is COc1ccc(NC(=O)N(C)Cc2ccc(OC)c(F)c2)c(Cl)c1. The summed E-state index contributed by atoms with van der Waals surface area (Å²) in [4.78, 5) is 13.7. The van der Waals surface area contributed by atoms with Crippen molar-refractivity contribution in [3.8, 4) is 11.5 Å². The van der Waals surface area contributed by atoms with E-state index in [0.29, 0.717) is 22.0 Å². The summed E-state index contributed by atoms with van der Waals surface area (Å²) in [7, 11) is 4.54. The molecule has 0 bridgehead atoms. The fourth-order valence-corrected chi connectivity index (χ4v) is 2.31. The summed E-state index contributed by atoms with van der Waals surface area (Å²) in [6.07, 6.45) is 0. The first-order valence-corrected chi connectivity index (χ1v) is 7.50. The molecule has 0 saturated heterocycles. The molecule has 0 aliphatic carbocycles. The highest BCUT2D eigenvalue weighted by Gasteiger charge is 2.13. The molecular weight excluding hydrogens is 335 g/mol. The average Bonchev–Trinajstić information content (AvgIpc) is 2.56. The Balaban J connectivity index is 2.03. The molecule has 1 N–H and O–H groups in total. The number of amides is 2. The number of rotatable bonds is 5. The molecule has 2 aromatic rings. The topological polar surface area (TPSA) is 50.8 Å². The van der Waals surface area contributed by atoms with Gasteiger partial charge in [0.15, 0.2) is 11.6 Å². The third-order valence-electron chi connectivity index (χ3n) is 3.40. The predicted molar refractivity (Wildman–Crippen MR) is 91.4 cm³/mol. The maximum atomic E-state index is 13.7. The predicted octanol–water partition coefficient (Wildman–Crippen LogP) is 4.16. The Kier molecular flexibility index (Phi) is 5.87. The fourth-order valence-electron chi connectivity index (χ4n) is 2.09. The monoisotopic (exact) mass is 352 g/mol. The molecule has 2 amide bonds. The molecule has 0 aliphatic rings. The van der Waals surface area contributed by atoms with Crippen molar-refractivity contribution in [2.45, 2.75) is 6.54 Å². The summed E-state index contributed by atoms with van der Waals surface area (Å²) < 4.78 is 23.6. The number of carbonyl (C=O) groups is 1. The minimum absolute atomic E-state index is 0.163. The molecule has 0 atom stereocenters. The summed E-state index contributed by atoms with van der Waals surface area (Å²) in [5, 5.41) is 3.07. The second kappa shape index (κ2) is 7.88. The number of hydrogen-bond donors (Lipinski definition) is 1. The van der Waals surface area contributed by atoms with Gasteiger partial charge in [0.1, 0.15) is 5.75 Å². The first kappa shape index (κ1) is 17.9. The quantitative estimate of drug-likeness (QED) is 0.879. The van der Waals surface area contributed by atoms with Gasteiger partial charge >= 0.3 is 6.03 Å². The molecule has 2 rings (SSSR count). The van der Waals surface area contributed by atoms with E-state index in [0.717, 1.165) is 0 Å². The van der Waals surface area contributed by atoms with Gasteiger partial charge in [-0.25, -0.2) is 9.18 Å². The molecule has 0 fully saturated rings. The van der Waals surface area contributed by atoms with E-state index >= 15 is 0 Å². The zero-order valence-corrected chi connectivity index (χ0v) is 14.4. The van der Waals surface area contributed by atoms with Gasteiger partial charge < -0.3 is 19.7 Å². The van der Waals surface area contributed by atoms with Crippen LogP contribution in [0.15, 0.2) is 36.4 Å². The molecular formula is C17H18ClFN2O3. The van der Waals surface area contributed by atoms with E-state index in [9.17, 15) is 9.18 Å². The fraction of sp³-hybridized carbons (Fsp3) is 0.235. The van der Waals surface area contributed by atoms with Crippen molar-refractivity contribution in [3.05, 3.63) is 52.8 Å². The van der Waals surface area contributed by atoms with Crippen LogP contribution in [0.5, 0.6) is 11.5 Å². The van der Waals surface area contributed by atoms with Crippen LogP contribution in [0.4, 0.5) is 14.9 Å². The highest BCUT2D eigenvalue weighted by atomic mass is 35.5. The highest BCUT2D eigenvalue weighted by molar-refractivity contribution is 6.33. The lowest BCUT2D eigenvalue weighted by Gasteiger charge is -2.19. The van der Waals surface area contributed by atoms with E-state index in [1.54, 1.807) is 31.3 Å². The van der Waals surface area contributed by atoms with Crippen LogP contribution in [0, 0.1) is 5.82 Å². The molecule has 0 spiro atoms. The normalized spacial score (nSPS) is 10.2. The van der Waals surface area contributed by atoms with Gasteiger partial charge in [-0.3, -0.25) is 0 Å². The van der Waals surface area contributed by atoms with Crippen molar-refractivity contribution in [3.63, 3.8) is 0 Å². The maximum absolute atomic E-state index is 13.7. The van der Waals surface area contributed by atoms with Gasteiger partial charge in [-0.2, -0.15) is 0 Å². The number of hydrogen-bond acceptors (Lipinski definition) is 3. The molecule has 0 aromatic heterocycles. The summed E-state index contributed by atoms with van der Waals surface area (Å²) in [5.74, 6) is 0.290. The van der Waals surface area contributed by atoms with E-state index in [1.807, 2.05) is 0 Å². The van der Waals surface area contributed by atoms with Crippen molar-refractivity contribution in [2.75, 3.05) is 26.6 Å². The second-order valence-corrected chi connectivity index (χ2v) is 5.51. The molecule has 0 saturated carbocycles. The van der Waals surface area contributed by atoms with Crippen molar-refractivity contribution in [2.24, 2.45) is 0 Å². The Morgan fingerprint density at radius 3 is 2.54 bits per heavy atom. The number of carbonyl (C=O) groups excluding carboxylic acids is 1. The van der Waals surface area contributed by atoms with E-state index in [2.05, 4.69) is 5.32 Å². The van der Waals surface area contributed by atoms with E-state index in [-0.39, 0.29) is 18.3 Å². The van der Waals surface area contributed by atoms with Crippen LogP contribution < -0.4 is 14.8 Å². The summed E-state index contributed by atoms with van der Waals surface area (Å²) >= 11 is 6.09. The van der Waals surface area contributed by atoms with Crippen LogP contribution in [0.3, 0.4) is 0 Å². The van der Waals surface area contributed by atoms with Gasteiger partial charge in [0, 0.05) is 19.7 Å². The van der Waals surface area contributed by atoms with E-state index in [1.165, 1.54) is 31.3 Å². The number of anilines is 1. The Morgan fingerprint density at radius 2 is 1.96 bits per heavy atom. The third kappa shape index (κ3) is 4.29. The van der Waals surface area contributed by atoms with Crippen LogP contribution in [-0.2, 0) is 6.54 Å². The van der Waals surface area contributed by atoms with Crippen LogP contribution >= 0.6 is 11.6 Å². The molecule has 5 nitrogen and oxygen atoms in total. The highest BCUT2D eigenvalue weighted by Crippen LogP contribution is 2.27. The number of urea groups is 1. The lowest BCUT2D eigenvalue weighted by Crippen LogP contribution is -2.31. The Bertz CT molecular complexity index is 740. The van der Waals surface area contributed by atoms with Gasteiger partial charge in [0.05, 0.1) is 24.9 Å².